The van der Waals surface area contributed by atoms with Crippen LogP contribution >= 0.6 is 0 Å². The molecule has 10 heteroatoms. The summed E-state index contributed by atoms with van der Waals surface area (Å²) >= 11 is 0. The van der Waals surface area contributed by atoms with Crippen LogP contribution in [-0.2, 0) is 9.47 Å². The van der Waals surface area contributed by atoms with Crippen molar-refractivity contribution in [2.45, 2.75) is 0 Å². The molecule has 0 radical (unpaired) electrons. The van der Waals surface area contributed by atoms with Crippen LogP contribution in [0.15, 0.2) is 12.1 Å². The van der Waals surface area contributed by atoms with Gasteiger partial charge in [-0.1, -0.05) is 0 Å². The van der Waals surface area contributed by atoms with Crippen molar-refractivity contribution < 1.29 is 48.2 Å². The van der Waals surface area contributed by atoms with Crippen LogP contribution in [-0.4, -0.2) is 57.4 Å². The maximum Gasteiger partial charge on any atom is 0.338 e. The molecule has 10 nitrogen and oxygen atoms in total. The van der Waals surface area contributed by atoms with Crippen molar-refractivity contribution in [1.29, 1.82) is 0 Å². The second-order valence-corrected chi connectivity index (χ2v) is 5.75. The molecule has 0 saturated carbocycles. The van der Waals surface area contributed by atoms with Crippen LogP contribution < -0.4 is 18.9 Å². The van der Waals surface area contributed by atoms with Gasteiger partial charge < -0.3 is 38.6 Å². The van der Waals surface area contributed by atoms with E-state index in [1.165, 1.54) is 26.4 Å². The number of aromatic hydroxyl groups is 2. The molecule has 0 spiro atoms. The molecule has 2 N–H and O–H groups in total. The van der Waals surface area contributed by atoms with E-state index in [9.17, 15) is 19.8 Å². The van der Waals surface area contributed by atoms with E-state index in [2.05, 4.69) is 0 Å². The highest BCUT2D eigenvalue weighted by Crippen LogP contribution is 2.55. The van der Waals surface area contributed by atoms with Gasteiger partial charge in [0.1, 0.15) is 0 Å². The van der Waals surface area contributed by atoms with E-state index in [1.807, 2.05) is 0 Å². The van der Waals surface area contributed by atoms with Gasteiger partial charge in [0.25, 0.3) is 0 Å². The summed E-state index contributed by atoms with van der Waals surface area (Å²) in [6, 6.07) is 2.49. The maximum atomic E-state index is 12.5. The molecular weight excluding hydrogens is 388 g/mol. The largest absolute Gasteiger partial charge is 0.504 e. The minimum absolute atomic E-state index is 0.0229. The minimum atomic E-state index is -0.854. The third kappa shape index (κ3) is 3.08. The van der Waals surface area contributed by atoms with Crippen LogP contribution in [0.1, 0.15) is 20.7 Å². The number of carbonyl (C=O) groups is 2. The molecule has 154 valence electrons. The van der Waals surface area contributed by atoms with Crippen LogP contribution in [0.3, 0.4) is 0 Å². The van der Waals surface area contributed by atoms with Gasteiger partial charge in [-0.05, 0) is 12.1 Å². The highest BCUT2D eigenvalue weighted by Gasteiger charge is 2.35. The Balaban J connectivity index is 2.48. The van der Waals surface area contributed by atoms with Gasteiger partial charge in [-0.3, -0.25) is 0 Å². The van der Waals surface area contributed by atoms with Crippen molar-refractivity contribution >= 4 is 11.9 Å². The molecule has 1 aliphatic heterocycles. The van der Waals surface area contributed by atoms with Crippen molar-refractivity contribution in [3.05, 3.63) is 23.3 Å². The van der Waals surface area contributed by atoms with Gasteiger partial charge in [-0.25, -0.2) is 9.59 Å². The number of phenolic OH excluding ortho intramolecular Hbond substituents is 2. The molecule has 0 amide bonds. The summed E-state index contributed by atoms with van der Waals surface area (Å²) in [7, 11) is 4.92. The summed E-state index contributed by atoms with van der Waals surface area (Å²) in [6.07, 6.45) is 0. The molecule has 29 heavy (non-hydrogen) atoms. The summed E-state index contributed by atoms with van der Waals surface area (Å²) in [4.78, 5) is 24.9. The van der Waals surface area contributed by atoms with Crippen LogP contribution in [0, 0.1) is 0 Å². The predicted octanol–water partition coefficient (Wildman–Crippen LogP) is 2.08. The number of methoxy groups -OCH3 is 4. The SMILES string of the molecule is COC(=O)c1cc(OC)c(O)c(O)c1-c1c(C(=O)OC)cc(OC)c2c1OCO2. The van der Waals surface area contributed by atoms with Crippen molar-refractivity contribution in [3.63, 3.8) is 0 Å². The third-order valence-corrected chi connectivity index (χ3v) is 4.35. The number of carbonyl (C=O) groups excluding carboxylic acids is 2. The van der Waals surface area contributed by atoms with E-state index >= 15 is 0 Å². The lowest BCUT2D eigenvalue weighted by molar-refractivity contribution is 0.0589. The summed E-state index contributed by atoms with van der Waals surface area (Å²) in [5, 5.41) is 21.0. The lowest BCUT2D eigenvalue weighted by atomic mass is 9.92. The number of hydrogen-bond donors (Lipinski definition) is 2. The Kier molecular flexibility index (Phi) is 5.26. The summed E-state index contributed by atoms with van der Waals surface area (Å²) in [5.74, 6) is -2.84. The van der Waals surface area contributed by atoms with E-state index in [0.717, 1.165) is 14.2 Å². The van der Waals surface area contributed by atoms with Gasteiger partial charge in [-0.2, -0.15) is 0 Å². The van der Waals surface area contributed by atoms with Gasteiger partial charge in [0.2, 0.25) is 18.3 Å². The zero-order valence-electron chi connectivity index (χ0n) is 16.0. The van der Waals surface area contributed by atoms with Gasteiger partial charge in [0, 0.05) is 11.1 Å². The first-order valence-electron chi connectivity index (χ1n) is 8.20. The van der Waals surface area contributed by atoms with Crippen molar-refractivity contribution in [2.24, 2.45) is 0 Å². The van der Waals surface area contributed by atoms with Crippen LogP contribution in [0.4, 0.5) is 0 Å². The Bertz CT molecular complexity index is 995. The van der Waals surface area contributed by atoms with Gasteiger partial charge >= 0.3 is 11.9 Å². The summed E-state index contributed by atoms with van der Waals surface area (Å²) < 4.78 is 30.7. The molecule has 0 unspecified atom stereocenters. The Morgan fingerprint density at radius 3 is 1.86 bits per heavy atom. The molecule has 3 rings (SSSR count). The summed E-state index contributed by atoms with van der Waals surface area (Å²) in [6.45, 7) is -0.195. The quantitative estimate of drug-likeness (QED) is 0.562. The van der Waals surface area contributed by atoms with E-state index in [0.29, 0.717) is 0 Å². The zero-order chi connectivity index (χ0) is 21.3. The average molecular weight is 406 g/mol. The molecule has 1 heterocycles. The Hall–Kier alpha value is -3.82. The van der Waals surface area contributed by atoms with Gasteiger partial charge in [0.15, 0.2) is 23.0 Å². The highest BCUT2D eigenvalue weighted by atomic mass is 16.7. The van der Waals surface area contributed by atoms with Gasteiger partial charge in [-0.15, -0.1) is 0 Å². The second kappa shape index (κ2) is 7.66. The molecule has 0 atom stereocenters. The standard InChI is InChI=1S/C19H18O10/c1-24-10-5-8(18(22)26-3)12(15(21)14(10)20)13-9(19(23)27-4)6-11(25-2)16-17(13)29-7-28-16/h5-6,20-21H,7H2,1-4H3. The molecule has 1 aliphatic rings. The molecule has 0 aromatic heterocycles. The van der Waals surface area contributed by atoms with Crippen LogP contribution in [0.25, 0.3) is 11.1 Å². The number of esters is 2. The Morgan fingerprint density at radius 2 is 1.31 bits per heavy atom. The van der Waals surface area contributed by atoms with Crippen molar-refractivity contribution in [2.75, 3.05) is 35.2 Å². The number of rotatable bonds is 5. The third-order valence-electron chi connectivity index (χ3n) is 4.35. The topological polar surface area (TPSA) is 130 Å². The lowest BCUT2D eigenvalue weighted by Gasteiger charge is -2.18. The normalized spacial score (nSPS) is 11.7. The van der Waals surface area contributed by atoms with E-state index in [-0.39, 0.29) is 52.0 Å². The number of hydrogen-bond acceptors (Lipinski definition) is 10. The maximum absolute atomic E-state index is 12.5. The second-order valence-electron chi connectivity index (χ2n) is 5.75. The van der Waals surface area contributed by atoms with Crippen molar-refractivity contribution in [1.82, 2.24) is 0 Å². The average Bonchev–Trinajstić information content (AvgIpc) is 3.23. The fourth-order valence-electron chi connectivity index (χ4n) is 3.02. The number of ether oxygens (including phenoxy) is 6. The molecule has 2 aromatic rings. The fraction of sp³-hybridized carbons (Fsp3) is 0.263. The summed E-state index contributed by atoms with van der Waals surface area (Å²) in [5.41, 5.74) is -0.549. The van der Waals surface area contributed by atoms with Crippen LogP contribution in [0.5, 0.6) is 34.5 Å². The Morgan fingerprint density at radius 1 is 0.793 bits per heavy atom. The van der Waals surface area contributed by atoms with E-state index in [1.54, 1.807) is 0 Å². The number of benzene rings is 2. The Labute approximate surface area is 165 Å². The first-order chi connectivity index (χ1) is 13.9. The molecule has 0 saturated heterocycles. The first-order valence-corrected chi connectivity index (χ1v) is 8.20. The van der Waals surface area contributed by atoms with Crippen LogP contribution in [0.2, 0.25) is 0 Å². The minimum Gasteiger partial charge on any atom is -0.504 e. The van der Waals surface area contributed by atoms with Gasteiger partial charge in [0.05, 0.1) is 39.6 Å². The first kappa shape index (κ1) is 19.9. The van der Waals surface area contributed by atoms with E-state index < -0.39 is 23.4 Å². The van der Waals surface area contributed by atoms with E-state index in [4.69, 9.17) is 28.4 Å². The molecular formula is C19H18O10. The number of phenols is 2. The smallest absolute Gasteiger partial charge is 0.338 e. The molecule has 2 aromatic carbocycles. The lowest BCUT2D eigenvalue weighted by Crippen LogP contribution is -2.09. The molecule has 0 aliphatic carbocycles. The zero-order valence-corrected chi connectivity index (χ0v) is 16.0. The fourth-order valence-corrected chi connectivity index (χ4v) is 3.02. The predicted molar refractivity (Wildman–Crippen MR) is 97.1 cm³/mol. The molecule has 0 bridgehead atoms. The van der Waals surface area contributed by atoms with Crippen molar-refractivity contribution in [3.8, 4) is 45.6 Å². The molecule has 0 fully saturated rings. The number of fused-ring (bicyclic) bond motifs is 1. The monoisotopic (exact) mass is 406 g/mol. The highest BCUT2D eigenvalue weighted by molar-refractivity contribution is 6.08.